The van der Waals surface area contributed by atoms with Crippen LogP contribution in [-0.2, 0) is 11.3 Å². The highest BCUT2D eigenvalue weighted by Crippen LogP contribution is 2.33. The van der Waals surface area contributed by atoms with Crippen molar-refractivity contribution in [3.8, 4) is 0 Å². The molecular formula is C18H22ClN3OS. The van der Waals surface area contributed by atoms with Crippen LogP contribution in [0.3, 0.4) is 0 Å². The monoisotopic (exact) mass is 363 g/mol. The van der Waals surface area contributed by atoms with Gasteiger partial charge in [0, 0.05) is 42.3 Å². The number of hydrogen-bond acceptors (Lipinski definition) is 5. The van der Waals surface area contributed by atoms with Gasteiger partial charge in [0.05, 0.1) is 13.2 Å². The van der Waals surface area contributed by atoms with Crippen LogP contribution in [0.4, 0.5) is 5.13 Å². The smallest absolute Gasteiger partial charge is 0.185 e. The molecule has 4 nitrogen and oxygen atoms in total. The van der Waals surface area contributed by atoms with Gasteiger partial charge in [0.1, 0.15) is 0 Å². The van der Waals surface area contributed by atoms with Gasteiger partial charge >= 0.3 is 0 Å². The Morgan fingerprint density at radius 1 is 1.21 bits per heavy atom. The molecule has 0 amide bonds. The van der Waals surface area contributed by atoms with Crippen LogP contribution in [0.1, 0.15) is 22.8 Å². The Bertz CT molecular complexity index is 686. The SMILES string of the molecule is Clc1ccccc1[C@H]1CCN(Cc2cnc(N3CCOCC3)s2)C1. The molecule has 2 saturated heterocycles. The van der Waals surface area contributed by atoms with Crippen LogP contribution in [-0.4, -0.2) is 49.3 Å². The number of hydrogen-bond donors (Lipinski definition) is 0. The van der Waals surface area contributed by atoms with Crippen LogP contribution in [0.5, 0.6) is 0 Å². The van der Waals surface area contributed by atoms with Gasteiger partial charge in [-0.3, -0.25) is 4.90 Å². The Hall–Kier alpha value is -1.14. The summed E-state index contributed by atoms with van der Waals surface area (Å²) in [7, 11) is 0. The molecule has 0 bridgehead atoms. The van der Waals surface area contributed by atoms with Gasteiger partial charge in [-0.15, -0.1) is 11.3 Å². The maximum Gasteiger partial charge on any atom is 0.185 e. The summed E-state index contributed by atoms with van der Waals surface area (Å²) < 4.78 is 5.42. The maximum absolute atomic E-state index is 6.36. The average Bonchev–Trinajstić information content (AvgIpc) is 3.26. The number of thiazole rings is 1. The molecule has 0 aliphatic carbocycles. The first-order valence-electron chi connectivity index (χ1n) is 8.54. The summed E-state index contributed by atoms with van der Waals surface area (Å²) in [6, 6.07) is 8.25. The first-order valence-corrected chi connectivity index (χ1v) is 9.73. The maximum atomic E-state index is 6.36. The third-order valence-electron chi connectivity index (χ3n) is 4.82. The van der Waals surface area contributed by atoms with Crippen molar-refractivity contribution in [1.82, 2.24) is 9.88 Å². The predicted octanol–water partition coefficient (Wildman–Crippen LogP) is 3.62. The van der Waals surface area contributed by atoms with Gasteiger partial charge in [-0.25, -0.2) is 4.98 Å². The fraction of sp³-hybridized carbons (Fsp3) is 0.500. The summed E-state index contributed by atoms with van der Waals surface area (Å²) in [6.45, 7) is 6.70. The lowest BCUT2D eigenvalue weighted by molar-refractivity contribution is 0.122. The van der Waals surface area contributed by atoms with E-state index in [0.717, 1.165) is 56.1 Å². The molecule has 1 aromatic carbocycles. The topological polar surface area (TPSA) is 28.6 Å². The van der Waals surface area contributed by atoms with Gasteiger partial charge < -0.3 is 9.64 Å². The quantitative estimate of drug-likeness (QED) is 0.829. The highest BCUT2D eigenvalue weighted by Gasteiger charge is 2.26. The molecule has 24 heavy (non-hydrogen) atoms. The summed E-state index contributed by atoms with van der Waals surface area (Å²) in [6.07, 6.45) is 3.22. The highest BCUT2D eigenvalue weighted by atomic mass is 35.5. The average molecular weight is 364 g/mol. The Morgan fingerprint density at radius 2 is 2.04 bits per heavy atom. The molecule has 0 unspecified atom stereocenters. The predicted molar refractivity (Wildman–Crippen MR) is 99.2 cm³/mol. The number of ether oxygens (including phenoxy) is 1. The van der Waals surface area contributed by atoms with E-state index < -0.39 is 0 Å². The van der Waals surface area contributed by atoms with E-state index in [4.69, 9.17) is 16.3 Å². The second-order valence-corrected chi connectivity index (χ2v) is 7.95. The largest absolute Gasteiger partial charge is 0.378 e. The van der Waals surface area contributed by atoms with E-state index in [9.17, 15) is 0 Å². The van der Waals surface area contributed by atoms with Gasteiger partial charge in [0.15, 0.2) is 5.13 Å². The summed E-state index contributed by atoms with van der Waals surface area (Å²) >= 11 is 8.18. The molecule has 0 N–H and O–H groups in total. The number of halogens is 1. The van der Waals surface area contributed by atoms with Crippen LogP contribution in [0, 0.1) is 0 Å². The lowest BCUT2D eigenvalue weighted by Crippen LogP contribution is -2.36. The molecule has 2 aliphatic rings. The number of benzene rings is 1. The van der Waals surface area contributed by atoms with Gasteiger partial charge in [0.25, 0.3) is 0 Å². The first kappa shape index (κ1) is 16.3. The Kier molecular flexibility index (Phi) is 5.03. The number of morpholine rings is 1. The Labute approximate surface area is 152 Å². The second-order valence-electron chi connectivity index (χ2n) is 6.45. The van der Waals surface area contributed by atoms with Crippen LogP contribution in [0.2, 0.25) is 5.02 Å². The summed E-state index contributed by atoms with van der Waals surface area (Å²) in [5, 5.41) is 2.03. The van der Waals surface area contributed by atoms with Gasteiger partial charge in [0.2, 0.25) is 0 Å². The van der Waals surface area contributed by atoms with E-state index in [1.165, 1.54) is 16.9 Å². The minimum absolute atomic E-state index is 0.547. The third kappa shape index (κ3) is 3.59. The van der Waals surface area contributed by atoms with Crippen LogP contribution in [0.15, 0.2) is 30.5 Å². The van der Waals surface area contributed by atoms with Crippen LogP contribution >= 0.6 is 22.9 Å². The molecule has 1 atom stereocenters. The van der Waals surface area contributed by atoms with E-state index in [1.807, 2.05) is 29.7 Å². The summed E-state index contributed by atoms with van der Waals surface area (Å²) in [4.78, 5) is 10.8. The van der Waals surface area contributed by atoms with Crippen molar-refractivity contribution < 1.29 is 4.74 Å². The standard InChI is InChI=1S/C18H22ClN3OS/c19-17-4-2-1-3-16(17)14-5-6-21(12-14)13-15-11-20-18(24-15)22-7-9-23-10-8-22/h1-4,11,14H,5-10,12-13H2/t14-/m0/s1. The fourth-order valence-corrected chi connectivity index (χ4v) is 4.82. The van der Waals surface area contributed by atoms with Crippen molar-refractivity contribution in [2.75, 3.05) is 44.3 Å². The molecule has 2 aliphatic heterocycles. The van der Waals surface area contributed by atoms with Gasteiger partial charge in [-0.2, -0.15) is 0 Å². The Morgan fingerprint density at radius 3 is 2.88 bits per heavy atom. The molecule has 0 spiro atoms. The van der Waals surface area contributed by atoms with Crippen molar-refractivity contribution in [2.45, 2.75) is 18.9 Å². The van der Waals surface area contributed by atoms with E-state index in [2.05, 4.69) is 26.9 Å². The lowest BCUT2D eigenvalue weighted by atomic mass is 9.98. The van der Waals surface area contributed by atoms with E-state index >= 15 is 0 Å². The van der Waals surface area contributed by atoms with Gasteiger partial charge in [-0.1, -0.05) is 29.8 Å². The molecular weight excluding hydrogens is 342 g/mol. The zero-order valence-corrected chi connectivity index (χ0v) is 15.2. The molecule has 128 valence electrons. The summed E-state index contributed by atoms with van der Waals surface area (Å²) in [5.74, 6) is 0.547. The zero-order chi connectivity index (χ0) is 16.4. The lowest BCUT2D eigenvalue weighted by Gasteiger charge is -2.26. The van der Waals surface area contributed by atoms with Gasteiger partial charge in [-0.05, 0) is 30.5 Å². The number of aromatic nitrogens is 1. The molecule has 3 heterocycles. The van der Waals surface area contributed by atoms with Crippen molar-refractivity contribution in [3.05, 3.63) is 45.9 Å². The van der Waals surface area contributed by atoms with Crippen LogP contribution < -0.4 is 4.90 Å². The minimum Gasteiger partial charge on any atom is -0.378 e. The molecule has 2 aromatic rings. The van der Waals surface area contributed by atoms with Crippen LogP contribution in [0.25, 0.3) is 0 Å². The summed E-state index contributed by atoms with van der Waals surface area (Å²) in [5.41, 5.74) is 1.29. The Balaban J connectivity index is 1.37. The van der Waals surface area contributed by atoms with E-state index in [1.54, 1.807) is 0 Å². The number of anilines is 1. The molecule has 4 rings (SSSR count). The first-order chi connectivity index (χ1) is 11.8. The van der Waals surface area contributed by atoms with E-state index in [-0.39, 0.29) is 0 Å². The van der Waals surface area contributed by atoms with E-state index in [0.29, 0.717) is 5.92 Å². The zero-order valence-electron chi connectivity index (χ0n) is 13.7. The number of nitrogens with zero attached hydrogens (tertiary/aromatic N) is 3. The molecule has 0 radical (unpaired) electrons. The number of likely N-dealkylation sites (tertiary alicyclic amines) is 1. The van der Waals surface area contributed by atoms with Crippen molar-refractivity contribution >= 4 is 28.1 Å². The van der Waals surface area contributed by atoms with Crippen molar-refractivity contribution in [2.24, 2.45) is 0 Å². The molecule has 2 fully saturated rings. The second kappa shape index (κ2) is 7.40. The normalized spacial score (nSPS) is 22.2. The third-order valence-corrected chi connectivity index (χ3v) is 6.21. The molecule has 6 heteroatoms. The number of rotatable bonds is 4. The molecule has 0 saturated carbocycles. The van der Waals surface area contributed by atoms with Crippen molar-refractivity contribution in [1.29, 1.82) is 0 Å². The highest BCUT2D eigenvalue weighted by molar-refractivity contribution is 7.15. The molecule has 1 aromatic heterocycles. The minimum atomic E-state index is 0.547. The van der Waals surface area contributed by atoms with Crippen molar-refractivity contribution in [3.63, 3.8) is 0 Å². The fourth-order valence-electron chi connectivity index (χ4n) is 3.53.